The first-order valence-electron chi connectivity index (χ1n) is 5.87. The zero-order chi connectivity index (χ0) is 12.3. The molecule has 1 aromatic rings. The summed E-state index contributed by atoms with van der Waals surface area (Å²) in [7, 11) is 0. The van der Waals surface area contributed by atoms with Gasteiger partial charge in [-0.2, -0.15) is 5.26 Å². The third kappa shape index (κ3) is 2.63. The van der Waals surface area contributed by atoms with Crippen LogP contribution in [0.1, 0.15) is 24.0 Å². The Kier molecular flexibility index (Phi) is 3.72. The topological polar surface area (TPSA) is 53.0 Å². The van der Waals surface area contributed by atoms with Gasteiger partial charge in [0.2, 0.25) is 0 Å². The molecule has 1 fully saturated rings. The first kappa shape index (κ1) is 12.0. The number of hydrogen-bond acceptors (Lipinski definition) is 3. The van der Waals surface area contributed by atoms with E-state index in [2.05, 4.69) is 4.90 Å². The van der Waals surface area contributed by atoms with Crippen LogP contribution in [0.4, 0.5) is 4.39 Å². The third-order valence-electron chi connectivity index (χ3n) is 3.31. The number of likely N-dealkylation sites (tertiary alicyclic amines) is 1. The predicted octanol–water partition coefficient (Wildman–Crippen LogP) is 1.62. The van der Waals surface area contributed by atoms with Gasteiger partial charge >= 0.3 is 0 Å². The Morgan fingerprint density at radius 1 is 1.53 bits per heavy atom. The van der Waals surface area contributed by atoms with Crippen LogP contribution in [0.25, 0.3) is 0 Å². The monoisotopic (exact) mass is 233 g/mol. The van der Waals surface area contributed by atoms with E-state index in [0.717, 1.165) is 31.5 Å². The maximum atomic E-state index is 13.2. The van der Waals surface area contributed by atoms with Crippen molar-refractivity contribution in [1.29, 1.82) is 5.26 Å². The van der Waals surface area contributed by atoms with Crippen LogP contribution >= 0.6 is 0 Å². The van der Waals surface area contributed by atoms with Crippen molar-refractivity contribution in [3.05, 3.63) is 35.1 Å². The second-order valence-corrected chi connectivity index (χ2v) is 4.43. The van der Waals surface area contributed by atoms with Crippen molar-refractivity contribution < 1.29 is 4.39 Å². The molecular weight excluding hydrogens is 217 g/mol. The summed E-state index contributed by atoms with van der Waals surface area (Å²) in [5.41, 5.74) is 6.80. The zero-order valence-corrected chi connectivity index (χ0v) is 9.69. The smallest absolute Gasteiger partial charge is 0.140 e. The number of nitrogens with zero attached hydrogens (tertiary/aromatic N) is 2. The lowest BCUT2D eigenvalue weighted by Gasteiger charge is -2.23. The molecule has 0 saturated carbocycles. The van der Waals surface area contributed by atoms with Crippen molar-refractivity contribution in [3.8, 4) is 6.07 Å². The number of benzene rings is 1. The SMILES string of the molecule is N#Cc1cc(CN2CCCC2CN)ccc1F. The lowest BCUT2D eigenvalue weighted by Crippen LogP contribution is -2.34. The standard InChI is InChI=1S/C13H16FN3/c14-13-4-3-10(6-11(13)7-15)9-17-5-1-2-12(17)8-16/h3-4,6,12H,1-2,5,8-9,16H2. The fraction of sp³-hybridized carbons (Fsp3) is 0.462. The number of hydrogen-bond donors (Lipinski definition) is 1. The lowest BCUT2D eigenvalue weighted by molar-refractivity contribution is 0.250. The molecule has 0 spiro atoms. The van der Waals surface area contributed by atoms with Crippen LogP contribution in [-0.2, 0) is 6.54 Å². The minimum Gasteiger partial charge on any atom is -0.329 e. The van der Waals surface area contributed by atoms with Gasteiger partial charge in [-0.3, -0.25) is 4.90 Å². The molecule has 1 atom stereocenters. The molecule has 0 aromatic heterocycles. The number of halogens is 1. The maximum Gasteiger partial charge on any atom is 0.140 e. The Labute approximate surface area is 101 Å². The Morgan fingerprint density at radius 2 is 2.35 bits per heavy atom. The van der Waals surface area contributed by atoms with E-state index in [1.165, 1.54) is 6.07 Å². The van der Waals surface area contributed by atoms with E-state index in [0.29, 0.717) is 12.6 Å². The average molecular weight is 233 g/mol. The van der Waals surface area contributed by atoms with Crippen LogP contribution in [0.5, 0.6) is 0 Å². The third-order valence-corrected chi connectivity index (χ3v) is 3.31. The van der Waals surface area contributed by atoms with E-state index < -0.39 is 5.82 Å². The molecule has 1 aliphatic heterocycles. The molecule has 0 radical (unpaired) electrons. The molecular formula is C13H16FN3. The van der Waals surface area contributed by atoms with Crippen LogP contribution in [0, 0.1) is 17.1 Å². The van der Waals surface area contributed by atoms with Gasteiger partial charge < -0.3 is 5.73 Å². The van der Waals surface area contributed by atoms with Crippen molar-refractivity contribution in [3.63, 3.8) is 0 Å². The molecule has 17 heavy (non-hydrogen) atoms. The van der Waals surface area contributed by atoms with E-state index in [4.69, 9.17) is 11.0 Å². The number of rotatable bonds is 3. The van der Waals surface area contributed by atoms with E-state index >= 15 is 0 Å². The normalized spacial score (nSPS) is 20.4. The van der Waals surface area contributed by atoms with Gasteiger partial charge in [-0.1, -0.05) is 6.07 Å². The summed E-state index contributed by atoms with van der Waals surface area (Å²) < 4.78 is 13.2. The first-order valence-corrected chi connectivity index (χ1v) is 5.87. The van der Waals surface area contributed by atoms with Crippen molar-refractivity contribution in [2.24, 2.45) is 5.73 Å². The highest BCUT2D eigenvalue weighted by Crippen LogP contribution is 2.20. The molecule has 2 N–H and O–H groups in total. The molecule has 4 heteroatoms. The minimum absolute atomic E-state index is 0.117. The van der Waals surface area contributed by atoms with Crippen molar-refractivity contribution in [2.75, 3.05) is 13.1 Å². The molecule has 1 aromatic carbocycles. The second-order valence-electron chi connectivity index (χ2n) is 4.43. The molecule has 3 nitrogen and oxygen atoms in total. The van der Waals surface area contributed by atoms with Gasteiger partial charge in [-0.25, -0.2) is 4.39 Å². The van der Waals surface area contributed by atoms with Gasteiger partial charge in [-0.15, -0.1) is 0 Å². The van der Waals surface area contributed by atoms with Gasteiger partial charge in [0.15, 0.2) is 0 Å². The van der Waals surface area contributed by atoms with Gasteiger partial charge in [0.25, 0.3) is 0 Å². The molecule has 1 aliphatic rings. The fourth-order valence-electron chi connectivity index (χ4n) is 2.36. The van der Waals surface area contributed by atoms with Crippen LogP contribution in [-0.4, -0.2) is 24.0 Å². The Balaban J connectivity index is 2.11. The summed E-state index contributed by atoms with van der Waals surface area (Å²) >= 11 is 0. The second kappa shape index (κ2) is 5.26. The molecule has 1 heterocycles. The van der Waals surface area contributed by atoms with Crippen LogP contribution in [0.3, 0.4) is 0 Å². The average Bonchev–Trinajstić information content (AvgIpc) is 2.79. The summed E-state index contributed by atoms with van der Waals surface area (Å²) in [4.78, 5) is 2.30. The van der Waals surface area contributed by atoms with E-state index in [1.807, 2.05) is 6.07 Å². The first-order chi connectivity index (χ1) is 8.24. The van der Waals surface area contributed by atoms with Crippen molar-refractivity contribution in [1.82, 2.24) is 4.90 Å². The van der Waals surface area contributed by atoms with Crippen molar-refractivity contribution in [2.45, 2.75) is 25.4 Å². The Morgan fingerprint density at radius 3 is 3.06 bits per heavy atom. The van der Waals surface area contributed by atoms with Gasteiger partial charge in [0.1, 0.15) is 11.9 Å². The van der Waals surface area contributed by atoms with Gasteiger partial charge in [-0.05, 0) is 37.1 Å². The number of nitriles is 1. The predicted molar refractivity (Wildman–Crippen MR) is 63.6 cm³/mol. The Bertz CT molecular complexity index is 439. The molecule has 90 valence electrons. The summed E-state index contributed by atoms with van der Waals surface area (Å²) in [6.07, 6.45) is 2.29. The summed E-state index contributed by atoms with van der Waals surface area (Å²) in [6.45, 7) is 2.43. The summed E-state index contributed by atoms with van der Waals surface area (Å²) in [5, 5.41) is 8.78. The molecule has 2 rings (SSSR count). The Hall–Kier alpha value is -1.44. The van der Waals surface area contributed by atoms with Crippen LogP contribution in [0.2, 0.25) is 0 Å². The minimum atomic E-state index is -0.451. The molecule has 1 unspecified atom stereocenters. The molecule has 0 amide bonds. The van der Waals surface area contributed by atoms with Gasteiger partial charge in [0, 0.05) is 19.1 Å². The largest absolute Gasteiger partial charge is 0.329 e. The summed E-state index contributed by atoms with van der Waals surface area (Å²) in [6, 6.07) is 7.02. The fourth-order valence-corrected chi connectivity index (χ4v) is 2.36. The van der Waals surface area contributed by atoms with E-state index in [9.17, 15) is 4.39 Å². The highest BCUT2D eigenvalue weighted by atomic mass is 19.1. The van der Waals surface area contributed by atoms with E-state index in [-0.39, 0.29) is 5.56 Å². The molecule has 1 saturated heterocycles. The zero-order valence-electron chi connectivity index (χ0n) is 9.69. The van der Waals surface area contributed by atoms with Crippen LogP contribution in [0.15, 0.2) is 18.2 Å². The lowest BCUT2D eigenvalue weighted by atomic mass is 10.1. The van der Waals surface area contributed by atoms with E-state index in [1.54, 1.807) is 12.1 Å². The molecule has 0 aliphatic carbocycles. The highest BCUT2D eigenvalue weighted by Gasteiger charge is 2.23. The van der Waals surface area contributed by atoms with Crippen molar-refractivity contribution >= 4 is 0 Å². The van der Waals surface area contributed by atoms with Gasteiger partial charge in [0.05, 0.1) is 5.56 Å². The molecule has 0 bridgehead atoms. The quantitative estimate of drug-likeness (QED) is 0.863. The highest BCUT2D eigenvalue weighted by molar-refractivity contribution is 5.34. The maximum absolute atomic E-state index is 13.2. The summed E-state index contributed by atoms with van der Waals surface area (Å²) in [5.74, 6) is -0.451. The van der Waals surface area contributed by atoms with Crippen LogP contribution < -0.4 is 5.73 Å². The number of nitrogens with two attached hydrogens (primary N) is 1.